The van der Waals surface area contributed by atoms with E-state index in [9.17, 15) is 15.8 Å². The lowest BCUT2D eigenvalue weighted by atomic mass is 10.0. The van der Waals surface area contributed by atoms with E-state index in [1.165, 1.54) is 0 Å². The van der Waals surface area contributed by atoms with Crippen molar-refractivity contribution in [2.24, 2.45) is 4.99 Å². The molecule has 26 heavy (non-hydrogen) atoms. The number of allylic oxidation sites excluding steroid dienone is 3. The summed E-state index contributed by atoms with van der Waals surface area (Å²) in [7, 11) is 0. The minimum Gasteiger partial charge on any atom is -0.192 e. The molecule has 2 aromatic carbocycles. The summed E-state index contributed by atoms with van der Waals surface area (Å²) in [6.45, 7) is 0. The van der Waals surface area contributed by atoms with E-state index in [1.54, 1.807) is 23.5 Å². The molecule has 4 rings (SSSR count). The summed E-state index contributed by atoms with van der Waals surface area (Å²) in [6.07, 6.45) is 1.87. The summed E-state index contributed by atoms with van der Waals surface area (Å²) in [5, 5.41) is 28.2. The third kappa shape index (κ3) is 2.43. The van der Waals surface area contributed by atoms with Crippen molar-refractivity contribution < 1.29 is 0 Å². The Morgan fingerprint density at radius 2 is 1.38 bits per heavy atom. The van der Waals surface area contributed by atoms with Crippen LogP contribution >= 0.6 is 23.5 Å². The Balaban J connectivity index is 2.05. The van der Waals surface area contributed by atoms with Gasteiger partial charge in [0.05, 0.1) is 9.95 Å². The van der Waals surface area contributed by atoms with Crippen molar-refractivity contribution in [1.29, 1.82) is 15.8 Å². The lowest BCUT2D eigenvalue weighted by molar-refractivity contribution is 1.27. The average Bonchev–Trinajstić information content (AvgIpc) is 3.23. The van der Waals surface area contributed by atoms with Gasteiger partial charge in [0, 0.05) is 26.5 Å². The first kappa shape index (κ1) is 16.2. The molecule has 0 amide bonds. The predicted molar refractivity (Wildman–Crippen MR) is 102 cm³/mol. The van der Waals surface area contributed by atoms with Crippen LogP contribution < -0.4 is 0 Å². The first-order valence-corrected chi connectivity index (χ1v) is 9.22. The van der Waals surface area contributed by atoms with Crippen molar-refractivity contribution in [3.63, 3.8) is 0 Å². The largest absolute Gasteiger partial charge is 0.206 e. The van der Waals surface area contributed by atoms with Gasteiger partial charge in [-0.2, -0.15) is 20.8 Å². The average molecular weight is 368 g/mol. The molecular formula is C20H8N4S2. The molecule has 0 atom stereocenters. The van der Waals surface area contributed by atoms with E-state index in [-0.39, 0.29) is 5.57 Å². The van der Waals surface area contributed by atoms with E-state index in [4.69, 9.17) is 0 Å². The molecule has 0 saturated carbocycles. The van der Waals surface area contributed by atoms with Gasteiger partial charge in [-0.05, 0) is 17.7 Å². The normalized spacial score (nSPS) is 15.9. The molecular weight excluding hydrogens is 360 g/mol. The Morgan fingerprint density at radius 1 is 0.808 bits per heavy atom. The molecule has 2 aromatic rings. The van der Waals surface area contributed by atoms with E-state index in [0.717, 1.165) is 25.2 Å². The number of aliphatic imine (C=N–C) groups is 1. The van der Waals surface area contributed by atoms with Crippen LogP contribution in [0, 0.1) is 34.1 Å². The molecule has 0 radical (unpaired) electrons. The Bertz CT molecular complexity index is 1120. The quantitative estimate of drug-likeness (QED) is 0.489. The zero-order valence-corrected chi connectivity index (χ0v) is 14.9. The van der Waals surface area contributed by atoms with Crippen LogP contribution in [0.25, 0.3) is 5.57 Å². The summed E-state index contributed by atoms with van der Waals surface area (Å²) in [6, 6.07) is 19.4. The molecule has 6 heteroatoms. The second kappa shape index (κ2) is 6.58. The third-order valence-electron chi connectivity index (χ3n) is 4.03. The van der Waals surface area contributed by atoms with Crippen LogP contribution in [-0.2, 0) is 0 Å². The Labute approximate surface area is 158 Å². The minimum absolute atomic E-state index is 0.0280. The second-order valence-corrected chi connectivity index (χ2v) is 7.76. The molecule has 120 valence electrons. The smallest absolute Gasteiger partial charge is 0.192 e. The zero-order valence-electron chi connectivity index (χ0n) is 13.2. The number of fused-ring (bicyclic) bond motifs is 2. The lowest BCUT2D eigenvalue weighted by Gasteiger charge is -2.06. The molecule has 0 unspecified atom stereocenters. The molecule has 1 aliphatic carbocycles. The molecule has 0 spiro atoms. The first-order valence-electron chi connectivity index (χ1n) is 7.59. The highest BCUT2D eigenvalue weighted by Gasteiger charge is 2.35. The Hall–Kier alpha value is -3.24. The molecule has 0 N–H and O–H groups in total. The van der Waals surface area contributed by atoms with Gasteiger partial charge in [-0.15, -0.1) is 0 Å². The monoisotopic (exact) mass is 368 g/mol. The fourth-order valence-electron chi connectivity index (χ4n) is 3.00. The molecule has 0 fully saturated rings. The van der Waals surface area contributed by atoms with Gasteiger partial charge in [-0.3, -0.25) is 0 Å². The lowest BCUT2D eigenvalue weighted by Crippen LogP contribution is -1.99. The van der Waals surface area contributed by atoms with Gasteiger partial charge in [-0.1, -0.05) is 59.9 Å². The molecule has 1 aliphatic heterocycles. The molecule has 0 bridgehead atoms. The van der Waals surface area contributed by atoms with Crippen LogP contribution in [0.5, 0.6) is 0 Å². The maximum atomic E-state index is 9.49. The van der Waals surface area contributed by atoms with Gasteiger partial charge in [-0.25, -0.2) is 0 Å². The standard InChI is InChI=1S/C20H8N4S2/c21-9-12(10-22)17-13-5-1-2-6-14(13)19(24-11-23)18(17)20-25-15-7-3-4-8-16(15)26-20/h1-8H. The van der Waals surface area contributed by atoms with Crippen molar-refractivity contribution in [1.82, 2.24) is 0 Å². The highest BCUT2D eigenvalue weighted by Crippen LogP contribution is 2.56. The van der Waals surface area contributed by atoms with Gasteiger partial charge >= 0.3 is 0 Å². The summed E-state index contributed by atoms with van der Waals surface area (Å²) < 4.78 is 0.925. The van der Waals surface area contributed by atoms with Crippen LogP contribution in [0.1, 0.15) is 11.1 Å². The van der Waals surface area contributed by atoms with Gasteiger partial charge in [0.1, 0.15) is 17.7 Å². The number of thioether (sulfide) groups is 2. The fraction of sp³-hybridized carbons (Fsp3) is 0. The Morgan fingerprint density at radius 3 is 1.96 bits per heavy atom. The SMILES string of the molecule is N#CN=C1C(=C2Sc3ccccc3S2)C(=C(C#N)C#N)c2ccccc21. The van der Waals surface area contributed by atoms with Crippen LogP contribution in [0.3, 0.4) is 0 Å². The first-order chi connectivity index (χ1) is 12.8. The molecule has 2 aliphatic rings. The van der Waals surface area contributed by atoms with E-state index < -0.39 is 0 Å². The topological polar surface area (TPSA) is 83.7 Å². The van der Waals surface area contributed by atoms with E-state index in [1.807, 2.05) is 66.9 Å². The molecule has 0 saturated heterocycles. The number of hydrogen-bond acceptors (Lipinski definition) is 6. The van der Waals surface area contributed by atoms with E-state index in [2.05, 4.69) is 4.99 Å². The summed E-state index contributed by atoms with van der Waals surface area (Å²) in [5.41, 5.74) is 3.33. The van der Waals surface area contributed by atoms with Crippen molar-refractivity contribution >= 4 is 34.8 Å². The zero-order chi connectivity index (χ0) is 18.1. The maximum Gasteiger partial charge on any atom is 0.206 e. The predicted octanol–water partition coefficient (Wildman–Crippen LogP) is 4.88. The summed E-state index contributed by atoms with van der Waals surface area (Å²) >= 11 is 3.15. The van der Waals surface area contributed by atoms with Crippen LogP contribution in [-0.4, -0.2) is 5.71 Å². The van der Waals surface area contributed by atoms with Gasteiger partial charge in [0.15, 0.2) is 0 Å². The van der Waals surface area contributed by atoms with Crippen LogP contribution in [0.2, 0.25) is 0 Å². The highest BCUT2D eigenvalue weighted by atomic mass is 32.2. The summed E-state index contributed by atoms with van der Waals surface area (Å²) in [5.74, 6) is 0. The summed E-state index contributed by atoms with van der Waals surface area (Å²) in [4.78, 5) is 6.27. The van der Waals surface area contributed by atoms with E-state index in [0.29, 0.717) is 16.9 Å². The third-order valence-corrected chi connectivity index (χ3v) is 6.59. The molecule has 0 aromatic heterocycles. The Kier molecular flexibility index (Phi) is 4.11. The van der Waals surface area contributed by atoms with Crippen LogP contribution in [0.15, 0.2) is 78.7 Å². The highest BCUT2D eigenvalue weighted by molar-refractivity contribution is 8.24. The fourth-order valence-corrected chi connectivity index (χ4v) is 5.59. The van der Waals surface area contributed by atoms with Crippen molar-refractivity contribution in [3.8, 4) is 18.3 Å². The minimum atomic E-state index is 0.0280. The number of nitrogens with zero attached hydrogens (tertiary/aromatic N) is 4. The van der Waals surface area contributed by atoms with Crippen molar-refractivity contribution in [2.75, 3.05) is 0 Å². The van der Waals surface area contributed by atoms with Crippen molar-refractivity contribution in [2.45, 2.75) is 9.79 Å². The number of nitriles is 3. The van der Waals surface area contributed by atoms with Crippen molar-refractivity contribution in [3.05, 3.63) is 75.0 Å². The number of rotatable bonds is 0. The van der Waals surface area contributed by atoms with Gasteiger partial charge in [0.2, 0.25) is 6.19 Å². The van der Waals surface area contributed by atoms with Crippen LogP contribution in [0.4, 0.5) is 0 Å². The number of benzene rings is 2. The van der Waals surface area contributed by atoms with Gasteiger partial charge in [0.25, 0.3) is 0 Å². The second-order valence-electron chi connectivity index (χ2n) is 5.39. The molecule has 1 heterocycles. The molecule has 4 nitrogen and oxygen atoms in total. The maximum absolute atomic E-state index is 9.49. The number of hydrogen-bond donors (Lipinski definition) is 0. The van der Waals surface area contributed by atoms with Gasteiger partial charge < -0.3 is 0 Å². The van der Waals surface area contributed by atoms with E-state index >= 15 is 0 Å².